The molecule has 0 bridgehead atoms. The summed E-state index contributed by atoms with van der Waals surface area (Å²) < 4.78 is 11.3. The van der Waals surface area contributed by atoms with E-state index in [2.05, 4.69) is 4.72 Å². The normalized spacial score (nSPS) is 13.9. The lowest BCUT2D eigenvalue weighted by atomic mass is 9.86. The highest BCUT2D eigenvalue weighted by Gasteiger charge is 2.44. The molecule has 0 saturated heterocycles. The number of halogens is 1. The predicted octanol–water partition coefficient (Wildman–Crippen LogP) is 6.48. The summed E-state index contributed by atoms with van der Waals surface area (Å²) in [6.07, 6.45) is 4.49. The van der Waals surface area contributed by atoms with Gasteiger partial charge in [-0.05, 0) is 63.1 Å². The number of hydrogen-bond acceptors (Lipinski definition) is 4. The predicted molar refractivity (Wildman–Crippen MR) is 124 cm³/mol. The van der Waals surface area contributed by atoms with Crippen LogP contribution in [0.5, 0.6) is 0 Å². The third kappa shape index (κ3) is 4.12. The maximum atomic E-state index is 13.7. The van der Waals surface area contributed by atoms with Crippen molar-refractivity contribution in [2.45, 2.75) is 45.3 Å². The van der Waals surface area contributed by atoms with E-state index in [4.69, 9.17) is 16.3 Å². The molecule has 1 atom stereocenters. The molecular weight excluding hydrogens is 404 g/mol. The molecule has 1 heterocycles. The Balaban J connectivity index is 2.28. The number of carbonyl (C=O) groups excluding carboxylic acids is 1. The van der Waals surface area contributed by atoms with Gasteiger partial charge in [0.1, 0.15) is 5.60 Å². The summed E-state index contributed by atoms with van der Waals surface area (Å²) in [6, 6.07) is 15.6. The molecule has 1 N–H and O–H groups in total. The fourth-order valence-electron chi connectivity index (χ4n) is 3.66. The molecule has 29 heavy (non-hydrogen) atoms. The third-order valence-electron chi connectivity index (χ3n) is 4.93. The molecule has 6 heteroatoms. The lowest BCUT2D eigenvalue weighted by Crippen LogP contribution is -2.46. The average Bonchev–Trinajstić information content (AvgIpc) is 3.09. The molecule has 0 aliphatic heterocycles. The van der Waals surface area contributed by atoms with Crippen molar-refractivity contribution in [1.82, 2.24) is 4.57 Å². The number of benzene rings is 2. The van der Waals surface area contributed by atoms with Gasteiger partial charge in [0.15, 0.2) is 5.54 Å². The van der Waals surface area contributed by atoms with Crippen LogP contribution in [0.1, 0.15) is 39.7 Å². The van der Waals surface area contributed by atoms with E-state index in [0.29, 0.717) is 11.4 Å². The summed E-state index contributed by atoms with van der Waals surface area (Å²) in [4.78, 5) is 13.7. The van der Waals surface area contributed by atoms with Crippen LogP contribution in [-0.4, -0.2) is 22.4 Å². The number of anilines is 1. The van der Waals surface area contributed by atoms with Crippen molar-refractivity contribution in [2.75, 3.05) is 11.0 Å². The second-order valence-electron chi connectivity index (χ2n) is 7.95. The van der Waals surface area contributed by atoms with Gasteiger partial charge in [0.25, 0.3) is 0 Å². The van der Waals surface area contributed by atoms with Crippen molar-refractivity contribution in [3.8, 4) is 0 Å². The van der Waals surface area contributed by atoms with Crippen LogP contribution in [0.25, 0.3) is 10.9 Å². The van der Waals surface area contributed by atoms with Gasteiger partial charge in [0.2, 0.25) is 0 Å². The Bertz CT molecular complexity index is 1010. The number of fused-ring (bicyclic) bond motifs is 1. The van der Waals surface area contributed by atoms with Gasteiger partial charge >= 0.3 is 5.97 Å². The van der Waals surface area contributed by atoms with Gasteiger partial charge in [-0.2, -0.15) is 0 Å². The molecule has 154 valence electrons. The highest BCUT2D eigenvalue weighted by atomic mass is 35.5. The maximum absolute atomic E-state index is 13.7. The number of aromatic nitrogens is 1. The quantitative estimate of drug-likeness (QED) is 0.359. The SMILES string of the molecule is CCC(C(=O)OC(C)(C)C)(c1ccc(Cl)cc1)n1ccc2c(NSC)cccc21. The molecule has 0 fully saturated rings. The number of nitrogens with zero attached hydrogens (tertiary/aromatic N) is 1. The largest absolute Gasteiger partial charge is 0.458 e. The number of hydrogen-bond donors (Lipinski definition) is 1. The zero-order valence-electron chi connectivity index (χ0n) is 17.5. The van der Waals surface area contributed by atoms with E-state index in [9.17, 15) is 4.79 Å². The van der Waals surface area contributed by atoms with Crippen molar-refractivity contribution < 1.29 is 9.53 Å². The van der Waals surface area contributed by atoms with E-state index in [1.165, 1.54) is 11.9 Å². The molecule has 1 unspecified atom stereocenters. The van der Waals surface area contributed by atoms with E-state index in [1.54, 1.807) is 0 Å². The fourth-order valence-corrected chi connectivity index (χ4v) is 4.19. The highest BCUT2D eigenvalue weighted by molar-refractivity contribution is 7.99. The molecule has 0 saturated carbocycles. The Morgan fingerprint density at radius 3 is 2.41 bits per heavy atom. The standard InChI is InChI=1S/C23H27ClN2O2S/c1-6-23(21(27)28-22(2,3)4,16-10-12-17(24)13-11-16)26-15-14-18-19(25-29-5)8-7-9-20(18)26/h7-15,25H,6H2,1-5H3. The second kappa shape index (κ2) is 8.33. The van der Waals surface area contributed by atoms with Gasteiger partial charge in [0, 0.05) is 22.9 Å². The Kier molecular flexibility index (Phi) is 6.20. The van der Waals surface area contributed by atoms with Gasteiger partial charge in [-0.25, -0.2) is 4.79 Å². The van der Waals surface area contributed by atoms with E-state index in [1.807, 2.05) is 93.2 Å². The smallest absolute Gasteiger partial charge is 0.337 e. The Morgan fingerprint density at radius 1 is 1.14 bits per heavy atom. The van der Waals surface area contributed by atoms with Gasteiger partial charge in [-0.3, -0.25) is 0 Å². The minimum atomic E-state index is -1.00. The van der Waals surface area contributed by atoms with Crippen LogP contribution >= 0.6 is 23.5 Å². The third-order valence-corrected chi connectivity index (χ3v) is 5.60. The van der Waals surface area contributed by atoms with E-state index >= 15 is 0 Å². The topological polar surface area (TPSA) is 43.3 Å². The Morgan fingerprint density at radius 2 is 1.83 bits per heavy atom. The summed E-state index contributed by atoms with van der Waals surface area (Å²) in [6.45, 7) is 7.68. The zero-order valence-corrected chi connectivity index (χ0v) is 19.0. The average molecular weight is 431 g/mol. The van der Waals surface area contributed by atoms with Crippen LogP contribution in [0.2, 0.25) is 5.02 Å². The molecule has 4 nitrogen and oxygen atoms in total. The van der Waals surface area contributed by atoms with Crippen molar-refractivity contribution in [2.24, 2.45) is 0 Å². The van der Waals surface area contributed by atoms with Crippen LogP contribution in [0, 0.1) is 0 Å². The van der Waals surface area contributed by atoms with E-state index < -0.39 is 11.1 Å². The van der Waals surface area contributed by atoms with Crippen molar-refractivity contribution in [3.05, 3.63) is 65.3 Å². The second-order valence-corrected chi connectivity index (χ2v) is 9.00. The number of ether oxygens (including phenoxy) is 1. The molecule has 3 rings (SSSR count). The first-order valence-corrected chi connectivity index (χ1v) is 11.2. The van der Waals surface area contributed by atoms with Gasteiger partial charge in [-0.1, -0.05) is 48.7 Å². The van der Waals surface area contributed by atoms with Gasteiger partial charge in [-0.15, -0.1) is 0 Å². The number of esters is 1. The lowest BCUT2D eigenvalue weighted by Gasteiger charge is -2.36. The first-order chi connectivity index (χ1) is 13.7. The number of rotatable bonds is 6. The molecule has 3 aromatic rings. The Labute approximate surface area is 181 Å². The van der Waals surface area contributed by atoms with E-state index in [0.717, 1.165) is 22.2 Å². The summed E-state index contributed by atoms with van der Waals surface area (Å²) in [5, 5.41) is 1.68. The van der Waals surface area contributed by atoms with Gasteiger partial charge in [0.05, 0.1) is 11.2 Å². The molecule has 0 amide bonds. The number of carbonyl (C=O) groups is 1. The first kappa shape index (κ1) is 21.6. The summed E-state index contributed by atoms with van der Waals surface area (Å²) in [7, 11) is 0. The van der Waals surface area contributed by atoms with Crippen LogP contribution in [0.15, 0.2) is 54.7 Å². The molecular formula is C23H27ClN2O2S. The van der Waals surface area contributed by atoms with Gasteiger partial charge < -0.3 is 14.0 Å². The minimum Gasteiger partial charge on any atom is -0.458 e. The number of nitrogens with one attached hydrogen (secondary N) is 1. The maximum Gasteiger partial charge on any atom is 0.337 e. The van der Waals surface area contributed by atoms with Crippen LogP contribution in [0.3, 0.4) is 0 Å². The van der Waals surface area contributed by atoms with Crippen molar-refractivity contribution in [3.63, 3.8) is 0 Å². The molecule has 2 aromatic carbocycles. The first-order valence-electron chi connectivity index (χ1n) is 9.62. The molecule has 0 radical (unpaired) electrons. The Hall–Kier alpha value is -2.11. The molecule has 0 aliphatic carbocycles. The monoisotopic (exact) mass is 430 g/mol. The van der Waals surface area contributed by atoms with Crippen molar-refractivity contribution in [1.29, 1.82) is 0 Å². The summed E-state index contributed by atoms with van der Waals surface area (Å²) in [5.41, 5.74) is 1.22. The van der Waals surface area contributed by atoms with Crippen LogP contribution in [-0.2, 0) is 15.1 Å². The van der Waals surface area contributed by atoms with Crippen LogP contribution in [0.4, 0.5) is 5.69 Å². The molecule has 0 spiro atoms. The fraction of sp³-hybridized carbons (Fsp3) is 0.348. The summed E-state index contributed by atoms with van der Waals surface area (Å²) >= 11 is 7.67. The minimum absolute atomic E-state index is 0.282. The highest BCUT2D eigenvalue weighted by Crippen LogP contribution is 2.38. The van der Waals surface area contributed by atoms with E-state index in [-0.39, 0.29) is 5.97 Å². The summed E-state index contributed by atoms with van der Waals surface area (Å²) in [5.74, 6) is -0.282. The lowest BCUT2D eigenvalue weighted by molar-refractivity contribution is -0.163. The molecule has 0 aliphatic rings. The van der Waals surface area contributed by atoms with Crippen LogP contribution < -0.4 is 4.72 Å². The van der Waals surface area contributed by atoms with Crippen molar-refractivity contribution >= 4 is 46.1 Å². The zero-order chi connectivity index (χ0) is 21.2. The molecule has 1 aromatic heterocycles.